The summed E-state index contributed by atoms with van der Waals surface area (Å²) in [5, 5.41) is 16.3. The Kier molecular flexibility index (Phi) is 13.2. The third-order valence-electron chi connectivity index (χ3n) is 0.709. The number of aliphatic hydroxyl groups excluding tert-OH is 1. The fourth-order valence-corrected chi connectivity index (χ4v) is 0.245. The van der Waals surface area contributed by atoms with Crippen LogP contribution in [0.15, 0.2) is 12.2 Å². The molecule has 9 heavy (non-hydrogen) atoms. The molecule has 0 unspecified atom stereocenters. The Morgan fingerprint density at radius 3 is 2.67 bits per heavy atom. The molecule has 0 aliphatic rings. The molecule has 3 heteroatoms. The molecule has 0 aliphatic heterocycles. The summed E-state index contributed by atoms with van der Waals surface area (Å²) in [7, 11) is 0. The molecular formula is C6H8CsNO. The van der Waals surface area contributed by atoms with Crippen LogP contribution in [0.5, 0.6) is 0 Å². The number of nitriles is 1. The van der Waals surface area contributed by atoms with Crippen LogP contribution in [-0.2, 0) is 0 Å². The number of rotatable bonds is 2. The predicted octanol–water partition coefficient (Wildman–Crippen LogP) is -1.76. The molecule has 0 radical (unpaired) electrons. The molecule has 0 aromatic rings. The van der Waals surface area contributed by atoms with Gasteiger partial charge in [0, 0.05) is 6.08 Å². The minimum atomic E-state index is -0.0188. The molecule has 1 N–H and O–H groups in total. The molecule has 0 spiro atoms. The number of hydrogen-bond acceptors (Lipinski definition) is 2. The van der Waals surface area contributed by atoms with E-state index in [1.807, 2.05) is 6.07 Å². The number of nitrogens with zero attached hydrogens (tertiary/aromatic N) is 1. The number of hydrogen-bond donors (Lipinski definition) is 1. The van der Waals surface area contributed by atoms with Crippen LogP contribution in [0.4, 0.5) is 0 Å². The molecule has 0 saturated carbocycles. The first kappa shape index (κ1) is 12.9. The maximum atomic E-state index is 8.28. The van der Waals surface area contributed by atoms with Crippen molar-refractivity contribution in [1.29, 1.82) is 5.26 Å². The first-order chi connectivity index (χ1) is 3.81. The van der Waals surface area contributed by atoms with Crippen LogP contribution in [0.25, 0.3) is 0 Å². The van der Waals surface area contributed by atoms with E-state index >= 15 is 0 Å². The van der Waals surface area contributed by atoms with Crippen molar-refractivity contribution >= 4 is 0 Å². The molecule has 0 aliphatic carbocycles. The van der Waals surface area contributed by atoms with Crippen LogP contribution in [0.3, 0.4) is 0 Å². The monoisotopic (exact) mass is 243 g/mol. The van der Waals surface area contributed by atoms with Crippen LogP contribution in [0.2, 0.25) is 0 Å². The van der Waals surface area contributed by atoms with Gasteiger partial charge in [-0.1, -0.05) is 13.0 Å². The molecule has 2 nitrogen and oxygen atoms in total. The summed E-state index contributed by atoms with van der Waals surface area (Å²) in [4.78, 5) is 0. The fourth-order valence-electron chi connectivity index (χ4n) is 0.245. The van der Waals surface area contributed by atoms with Crippen molar-refractivity contribution in [2.24, 2.45) is 5.92 Å². The molecule has 44 valence electrons. The van der Waals surface area contributed by atoms with E-state index in [1.54, 1.807) is 13.0 Å². The zero-order chi connectivity index (χ0) is 6.41. The van der Waals surface area contributed by atoms with Crippen molar-refractivity contribution in [3.05, 3.63) is 18.8 Å². The maximum Gasteiger partial charge on any atom is 1.00 e. The quantitative estimate of drug-likeness (QED) is 0.461. The second-order valence-electron chi connectivity index (χ2n) is 1.50. The van der Waals surface area contributed by atoms with Gasteiger partial charge in [0.1, 0.15) is 0 Å². The Labute approximate surface area is 114 Å². The Hall–Kier alpha value is 1.24. The van der Waals surface area contributed by atoms with Crippen LogP contribution in [0, 0.1) is 23.9 Å². The van der Waals surface area contributed by atoms with Gasteiger partial charge >= 0.3 is 68.9 Å². The van der Waals surface area contributed by atoms with Crippen LogP contribution >= 0.6 is 0 Å². The molecule has 0 heterocycles. The third kappa shape index (κ3) is 9.24. The first-order valence-corrected chi connectivity index (χ1v) is 2.35. The maximum absolute atomic E-state index is 8.28. The van der Waals surface area contributed by atoms with Crippen LogP contribution in [0.1, 0.15) is 6.92 Å². The Morgan fingerprint density at radius 2 is 2.33 bits per heavy atom. The summed E-state index contributed by atoms with van der Waals surface area (Å²) in [5.74, 6) is -0.0188. The average molecular weight is 243 g/mol. The second-order valence-corrected chi connectivity index (χ2v) is 1.50. The van der Waals surface area contributed by atoms with E-state index in [0.29, 0.717) is 0 Å². The zero-order valence-electron chi connectivity index (χ0n) is 5.70. The summed E-state index contributed by atoms with van der Waals surface area (Å²) < 4.78 is 0. The fraction of sp³-hybridized carbons (Fsp3) is 0.333. The standard InChI is InChI=1S/C6H8NO.Cs/c1-6(5-8)3-2-4-7;/h2-3,5-6,8H,1H3;/q-1;+1/b3-2+;/t6-;/m1./s1. The molecule has 0 aromatic carbocycles. The Morgan fingerprint density at radius 1 is 1.78 bits per heavy atom. The predicted molar refractivity (Wildman–Crippen MR) is 30.2 cm³/mol. The molecule has 0 rings (SSSR count). The van der Waals surface area contributed by atoms with E-state index in [0.717, 1.165) is 6.61 Å². The first-order valence-electron chi connectivity index (χ1n) is 2.35. The molecule has 0 bridgehead atoms. The molecule has 0 amide bonds. The van der Waals surface area contributed by atoms with Gasteiger partial charge in [-0.05, 0) is 0 Å². The topological polar surface area (TPSA) is 44.0 Å². The minimum Gasteiger partial charge on any atom is -0.565 e. The van der Waals surface area contributed by atoms with Gasteiger partial charge in [-0.3, -0.25) is 0 Å². The minimum absolute atomic E-state index is 0. The third-order valence-corrected chi connectivity index (χ3v) is 0.709. The van der Waals surface area contributed by atoms with Gasteiger partial charge in [0.15, 0.2) is 0 Å². The van der Waals surface area contributed by atoms with Crippen molar-refractivity contribution in [3.8, 4) is 6.07 Å². The summed E-state index contributed by atoms with van der Waals surface area (Å²) in [6.45, 7) is 2.82. The SMILES string of the molecule is C[C@H](/C=C/C#N)[CH-]O.[Cs+]. The van der Waals surface area contributed by atoms with Gasteiger partial charge in [0.25, 0.3) is 0 Å². The van der Waals surface area contributed by atoms with E-state index in [2.05, 4.69) is 0 Å². The van der Waals surface area contributed by atoms with Crippen molar-refractivity contribution in [3.63, 3.8) is 0 Å². The van der Waals surface area contributed by atoms with Crippen molar-refractivity contribution in [1.82, 2.24) is 0 Å². The molecular weight excluding hydrogens is 235 g/mol. The van der Waals surface area contributed by atoms with Gasteiger partial charge in [-0.25, -0.2) is 6.61 Å². The van der Waals surface area contributed by atoms with Gasteiger partial charge < -0.3 is 5.11 Å². The van der Waals surface area contributed by atoms with E-state index < -0.39 is 0 Å². The Balaban J connectivity index is 0. The van der Waals surface area contributed by atoms with Crippen molar-refractivity contribution in [2.45, 2.75) is 6.92 Å². The van der Waals surface area contributed by atoms with Gasteiger partial charge in [-0.2, -0.15) is 5.26 Å². The van der Waals surface area contributed by atoms with Crippen molar-refractivity contribution < 1.29 is 74.0 Å². The second kappa shape index (κ2) is 9.24. The average Bonchev–Trinajstić information content (AvgIpc) is 1.83. The van der Waals surface area contributed by atoms with E-state index in [-0.39, 0.29) is 74.8 Å². The molecule has 1 atom stereocenters. The summed E-state index contributed by atoms with van der Waals surface area (Å²) in [5.41, 5.74) is 0. The van der Waals surface area contributed by atoms with E-state index in [4.69, 9.17) is 10.4 Å². The summed E-state index contributed by atoms with van der Waals surface area (Å²) >= 11 is 0. The van der Waals surface area contributed by atoms with Crippen LogP contribution in [-0.4, -0.2) is 5.11 Å². The smallest absolute Gasteiger partial charge is 0.565 e. The van der Waals surface area contributed by atoms with Crippen LogP contribution < -0.4 is 68.9 Å². The molecule has 0 aromatic heterocycles. The van der Waals surface area contributed by atoms with E-state index in [1.165, 1.54) is 6.08 Å². The van der Waals surface area contributed by atoms with E-state index in [9.17, 15) is 0 Å². The molecule has 0 fully saturated rings. The largest absolute Gasteiger partial charge is 1.00 e. The molecule has 0 saturated heterocycles. The normalized spacial score (nSPS) is 12.1. The van der Waals surface area contributed by atoms with Crippen molar-refractivity contribution in [2.75, 3.05) is 0 Å². The number of aliphatic hydroxyl groups is 1. The Bertz CT molecular complexity index is 117. The van der Waals surface area contributed by atoms with Gasteiger partial charge in [-0.15, -0.1) is 5.92 Å². The zero-order valence-corrected chi connectivity index (χ0v) is 12.0. The van der Waals surface area contributed by atoms with Gasteiger partial charge in [0.2, 0.25) is 0 Å². The summed E-state index contributed by atoms with van der Waals surface area (Å²) in [6.07, 6.45) is 2.96. The summed E-state index contributed by atoms with van der Waals surface area (Å²) in [6, 6.07) is 1.82. The number of allylic oxidation sites excluding steroid dienone is 1. The van der Waals surface area contributed by atoms with Gasteiger partial charge in [0.05, 0.1) is 6.07 Å².